The number of aromatic nitrogens is 2. The number of hydrogen-bond donors (Lipinski definition) is 2. The van der Waals surface area contributed by atoms with Gasteiger partial charge in [-0.15, -0.1) is 0 Å². The Hall–Kier alpha value is -2.26. The summed E-state index contributed by atoms with van der Waals surface area (Å²) in [6.45, 7) is 9.12. The molecule has 0 fully saturated rings. The SMILES string of the molecule is CC(C)CN(C[C@@H](O)[C@@H](N)Cc1ccccc1)S(=O)(=O)c1ccc2ncn(CC(C)C)c2c1. The normalized spacial score (nSPS) is 14.5. The minimum atomic E-state index is -3.84. The lowest BCUT2D eigenvalue weighted by Crippen LogP contribution is -2.47. The highest BCUT2D eigenvalue weighted by Gasteiger charge is 2.30. The highest BCUT2D eigenvalue weighted by atomic mass is 32.2. The zero-order valence-electron chi connectivity index (χ0n) is 19.9. The Morgan fingerprint density at radius 1 is 1.03 bits per heavy atom. The largest absolute Gasteiger partial charge is 0.390 e. The number of benzene rings is 2. The van der Waals surface area contributed by atoms with E-state index < -0.39 is 22.2 Å². The Morgan fingerprint density at radius 2 is 1.73 bits per heavy atom. The fourth-order valence-corrected chi connectivity index (χ4v) is 5.57. The first kappa shape index (κ1) is 25.4. The van der Waals surface area contributed by atoms with Crippen LogP contribution in [0.5, 0.6) is 0 Å². The van der Waals surface area contributed by atoms with Gasteiger partial charge in [-0.3, -0.25) is 0 Å². The maximum atomic E-state index is 13.6. The Labute approximate surface area is 197 Å². The first-order valence-corrected chi connectivity index (χ1v) is 12.9. The maximum Gasteiger partial charge on any atom is 0.243 e. The molecule has 0 unspecified atom stereocenters. The standard InChI is InChI=1S/C25H36N4O3S/c1-18(2)14-28-17-27-23-11-10-21(13-24(23)28)33(31,32)29(15-19(3)4)16-25(30)22(26)12-20-8-6-5-7-9-20/h5-11,13,17-19,22,25,30H,12,14-16,26H2,1-4H3/t22-,25+/m0/s1. The van der Waals surface area contributed by atoms with Gasteiger partial charge in [0.1, 0.15) is 0 Å². The van der Waals surface area contributed by atoms with Gasteiger partial charge in [-0.25, -0.2) is 13.4 Å². The molecule has 0 radical (unpaired) electrons. The summed E-state index contributed by atoms with van der Waals surface area (Å²) in [5, 5.41) is 10.8. The van der Waals surface area contributed by atoms with Crippen molar-refractivity contribution in [2.24, 2.45) is 17.6 Å². The number of sulfonamides is 1. The van der Waals surface area contributed by atoms with Crippen molar-refractivity contribution < 1.29 is 13.5 Å². The van der Waals surface area contributed by atoms with Crippen LogP contribution in [0.25, 0.3) is 11.0 Å². The molecule has 2 aromatic carbocycles. The Kier molecular flexibility index (Phi) is 8.28. The molecule has 0 aliphatic carbocycles. The average molecular weight is 473 g/mol. The molecule has 2 atom stereocenters. The summed E-state index contributed by atoms with van der Waals surface area (Å²) in [6.07, 6.45) is 1.23. The van der Waals surface area contributed by atoms with E-state index in [4.69, 9.17) is 5.73 Å². The van der Waals surface area contributed by atoms with E-state index in [0.717, 1.165) is 23.1 Å². The molecular formula is C25H36N4O3S. The van der Waals surface area contributed by atoms with Crippen molar-refractivity contribution in [3.8, 4) is 0 Å². The highest BCUT2D eigenvalue weighted by molar-refractivity contribution is 7.89. The number of imidazole rings is 1. The number of aliphatic hydroxyl groups is 1. The number of aliphatic hydroxyl groups excluding tert-OH is 1. The van der Waals surface area contributed by atoms with Crippen molar-refractivity contribution in [2.45, 2.75) is 57.7 Å². The Balaban J connectivity index is 1.86. The third-order valence-corrected chi connectivity index (χ3v) is 7.39. The molecule has 1 heterocycles. The summed E-state index contributed by atoms with van der Waals surface area (Å²) in [7, 11) is -3.84. The molecule has 7 nitrogen and oxygen atoms in total. The van der Waals surface area contributed by atoms with Crippen LogP contribution < -0.4 is 5.73 Å². The molecule has 0 aliphatic heterocycles. The van der Waals surface area contributed by atoms with E-state index in [9.17, 15) is 13.5 Å². The highest BCUT2D eigenvalue weighted by Crippen LogP contribution is 2.23. The van der Waals surface area contributed by atoms with Crippen LogP contribution in [0.1, 0.15) is 33.3 Å². The van der Waals surface area contributed by atoms with Crippen LogP contribution in [0.4, 0.5) is 0 Å². The number of rotatable bonds is 11. The zero-order valence-corrected chi connectivity index (χ0v) is 20.7. The van der Waals surface area contributed by atoms with Crippen LogP contribution in [0, 0.1) is 11.8 Å². The van der Waals surface area contributed by atoms with E-state index >= 15 is 0 Å². The van der Waals surface area contributed by atoms with Crippen LogP contribution in [0.2, 0.25) is 0 Å². The summed E-state index contributed by atoms with van der Waals surface area (Å²) in [6, 6.07) is 14.1. The molecule has 180 valence electrons. The predicted molar refractivity (Wildman–Crippen MR) is 132 cm³/mol. The van der Waals surface area contributed by atoms with E-state index in [1.807, 2.05) is 48.7 Å². The van der Waals surface area contributed by atoms with Crippen LogP contribution in [0.3, 0.4) is 0 Å². The van der Waals surface area contributed by atoms with Crippen molar-refractivity contribution in [1.82, 2.24) is 13.9 Å². The molecular weight excluding hydrogens is 436 g/mol. The summed E-state index contributed by atoms with van der Waals surface area (Å²) >= 11 is 0. The molecule has 0 bridgehead atoms. The minimum Gasteiger partial charge on any atom is -0.390 e. The molecule has 0 saturated heterocycles. The summed E-state index contributed by atoms with van der Waals surface area (Å²) in [5.41, 5.74) is 8.81. The maximum absolute atomic E-state index is 13.6. The summed E-state index contributed by atoms with van der Waals surface area (Å²) in [4.78, 5) is 4.60. The van der Waals surface area contributed by atoms with Crippen LogP contribution in [-0.2, 0) is 23.0 Å². The van der Waals surface area contributed by atoms with E-state index in [1.54, 1.807) is 24.5 Å². The van der Waals surface area contributed by atoms with Gasteiger partial charge in [0, 0.05) is 25.7 Å². The van der Waals surface area contributed by atoms with Gasteiger partial charge in [0.25, 0.3) is 0 Å². The van der Waals surface area contributed by atoms with E-state index in [-0.39, 0.29) is 17.4 Å². The van der Waals surface area contributed by atoms with Gasteiger partial charge in [-0.2, -0.15) is 4.31 Å². The molecule has 0 spiro atoms. The van der Waals surface area contributed by atoms with E-state index in [2.05, 4.69) is 18.8 Å². The second-order valence-electron chi connectivity index (χ2n) is 9.58. The molecule has 0 amide bonds. The van der Waals surface area contributed by atoms with Gasteiger partial charge >= 0.3 is 0 Å². The fraction of sp³-hybridized carbons (Fsp3) is 0.480. The number of hydrogen-bond acceptors (Lipinski definition) is 5. The summed E-state index contributed by atoms with van der Waals surface area (Å²) < 4.78 is 30.6. The summed E-state index contributed by atoms with van der Waals surface area (Å²) in [5.74, 6) is 0.494. The quantitative estimate of drug-likeness (QED) is 0.446. The third-order valence-electron chi connectivity index (χ3n) is 5.56. The second-order valence-corrected chi connectivity index (χ2v) is 11.5. The first-order chi connectivity index (χ1) is 15.6. The third kappa shape index (κ3) is 6.41. The van der Waals surface area contributed by atoms with Crippen LogP contribution in [0.15, 0.2) is 59.8 Å². The van der Waals surface area contributed by atoms with Gasteiger partial charge < -0.3 is 15.4 Å². The van der Waals surface area contributed by atoms with Gasteiger partial charge in [0.15, 0.2) is 0 Å². The van der Waals surface area contributed by atoms with Gasteiger partial charge in [-0.1, -0.05) is 58.0 Å². The predicted octanol–water partition coefficient (Wildman–Crippen LogP) is 3.27. The lowest BCUT2D eigenvalue weighted by Gasteiger charge is -2.28. The average Bonchev–Trinajstić information content (AvgIpc) is 3.15. The van der Waals surface area contributed by atoms with Crippen LogP contribution in [-0.4, -0.2) is 52.6 Å². The van der Waals surface area contributed by atoms with Gasteiger partial charge in [0.05, 0.1) is 28.4 Å². The first-order valence-electron chi connectivity index (χ1n) is 11.5. The minimum absolute atomic E-state index is 0.0577. The smallest absolute Gasteiger partial charge is 0.243 e. The molecule has 3 aromatic rings. The van der Waals surface area contributed by atoms with E-state index in [1.165, 1.54) is 4.31 Å². The van der Waals surface area contributed by atoms with Crippen molar-refractivity contribution in [3.05, 3.63) is 60.4 Å². The van der Waals surface area contributed by atoms with Gasteiger partial charge in [-0.05, 0) is 42.0 Å². The number of nitrogens with zero attached hydrogens (tertiary/aromatic N) is 3. The second kappa shape index (κ2) is 10.8. The van der Waals surface area contributed by atoms with Crippen LogP contribution >= 0.6 is 0 Å². The van der Waals surface area contributed by atoms with Crippen molar-refractivity contribution in [3.63, 3.8) is 0 Å². The molecule has 3 rings (SSSR count). The molecule has 1 aromatic heterocycles. The fourth-order valence-electron chi connectivity index (χ4n) is 3.93. The van der Waals surface area contributed by atoms with Crippen molar-refractivity contribution in [2.75, 3.05) is 13.1 Å². The zero-order chi connectivity index (χ0) is 24.2. The monoisotopic (exact) mass is 472 g/mol. The molecule has 3 N–H and O–H groups in total. The molecule has 0 aliphatic rings. The Bertz CT molecular complexity index is 1140. The number of fused-ring (bicyclic) bond motifs is 1. The van der Waals surface area contributed by atoms with Crippen molar-refractivity contribution in [1.29, 1.82) is 0 Å². The van der Waals surface area contributed by atoms with Gasteiger partial charge in [0.2, 0.25) is 10.0 Å². The molecule has 0 saturated carbocycles. The van der Waals surface area contributed by atoms with E-state index in [0.29, 0.717) is 18.9 Å². The number of nitrogens with two attached hydrogens (primary N) is 1. The lowest BCUT2D eigenvalue weighted by atomic mass is 10.0. The van der Waals surface area contributed by atoms with Crippen molar-refractivity contribution >= 4 is 21.1 Å². The molecule has 8 heteroatoms. The topological polar surface area (TPSA) is 101 Å². The Morgan fingerprint density at radius 3 is 2.36 bits per heavy atom. The lowest BCUT2D eigenvalue weighted by molar-refractivity contribution is 0.116. The molecule has 33 heavy (non-hydrogen) atoms.